The van der Waals surface area contributed by atoms with Gasteiger partial charge in [0.2, 0.25) is 0 Å². The number of hydrogen-bond acceptors (Lipinski definition) is 3. The first-order valence-corrected chi connectivity index (χ1v) is 3.87. The molecule has 0 rings (SSSR count). The van der Waals surface area contributed by atoms with Crippen molar-refractivity contribution in [3.63, 3.8) is 0 Å². The lowest BCUT2D eigenvalue weighted by Gasteiger charge is -2.18. The summed E-state index contributed by atoms with van der Waals surface area (Å²) < 4.78 is 4.39. The summed E-state index contributed by atoms with van der Waals surface area (Å²) in [4.78, 5) is 21.8. The third-order valence-electron chi connectivity index (χ3n) is 1.51. The number of hydrogen-bond donors (Lipinski definition) is 0. The van der Waals surface area contributed by atoms with Crippen LogP contribution < -0.4 is 0 Å². The van der Waals surface area contributed by atoms with Crippen LogP contribution in [0.3, 0.4) is 0 Å². The Morgan fingerprint density at radius 1 is 1.31 bits per heavy atom. The average Bonchev–Trinajstić information content (AvgIpc) is 2.01. The van der Waals surface area contributed by atoms with E-state index in [0.717, 1.165) is 6.08 Å². The Morgan fingerprint density at radius 3 is 2.08 bits per heavy atom. The summed E-state index contributed by atoms with van der Waals surface area (Å²) in [6.45, 7) is 12.2. The van der Waals surface area contributed by atoms with Crippen LogP contribution in [-0.2, 0) is 14.3 Å². The molecule has 0 unspecified atom stereocenters. The molecule has 0 amide bonds. The van der Waals surface area contributed by atoms with E-state index in [1.54, 1.807) is 0 Å². The van der Waals surface area contributed by atoms with Gasteiger partial charge in [0.05, 0.1) is 0 Å². The van der Waals surface area contributed by atoms with Gasteiger partial charge in [-0.05, 0) is 5.41 Å². The Bertz CT molecular complexity index is 256. The van der Waals surface area contributed by atoms with E-state index in [1.165, 1.54) is 0 Å². The van der Waals surface area contributed by atoms with Crippen molar-refractivity contribution in [2.24, 2.45) is 5.41 Å². The molecule has 0 heterocycles. The molecule has 0 spiro atoms. The van der Waals surface area contributed by atoms with Crippen LogP contribution in [0.2, 0.25) is 0 Å². The Labute approximate surface area is 78.1 Å². The second-order valence-electron chi connectivity index (χ2n) is 3.64. The normalized spacial score (nSPS) is 10.4. The van der Waals surface area contributed by atoms with Crippen molar-refractivity contribution in [3.8, 4) is 0 Å². The summed E-state index contributed by atoms with van der Waals surface area (Å²) in [7, 11) is 0. The lowest BCUT2D eigenvalue weighted by atomic mass is 9.88. The summed E-state index contributed by atoms with van der Waals surface area (Å²) in [5.74, 6) is -1.45. The first kappa shape index (κ1) is 11.6. The molecule has 0 fully saturated rings. The van der Waals surface area contributed by atoms with Crippen LogP contribution in [0.5, 0.6) is 0 Å². The third-order valence-corrected chi connectivity index (χ3v) is 1.51. The fourth-order valence-corrected chi connectivity index (χ4v) is 0.501. The Kier molecular flexibility index (Phi) is 3.60. The number of carbonyl (C=O) groups is 2. The van der Waals surface area contributed by atoms with E-state index in [1.807, 2.05) is 20.8 Å². The van der Waals surface area contributed by atoms with E-state index in [-0.39, 0.29) is 5.57 Å². The summed E-state index contributed by atoms with van der Waals surface area (Å²) >= 11 is 0. The first-order chi connectivity index (χ1) is 5.79. The SMILES string of the molecule is C=CC(=O)OC(=O)C(=C)C(C)(C)C. The van der Waals surface area contributed by atoms with Crippen molar-refractivity contribution in [1.29, 1.82) is 0 Å². The molecule has 0 aliphatic heterocycles. The summed E-state index contributed by atoms with van der Waals surface area (Å²) in [5, 5.41) is 0. The molecule has 0 radical (unpaired) electrons. The highest BCUT2D eigenvalue weighted by Gasteiger charge is 2.23. The molecule has 0 aliphatic rings. The molecule has 13 heavy (non-hydrogen) atoms. The maximum absolute atomic E-state index is 11.2. The monoisotopic (exact) mass is 182 g/mol. The number of rotatable bonds is 2. The first-order valence-electron chi connectivity index (χ1n) is 3.87. The van der Waals surface area contributed by atoms with Gasteiger partial charge in [-0.15, -0.1) is 0 Å². The van der Waals surface area contributed by atoms with E-state index in [2.05, 4.69) is 17.9 Å². The van der Waals surface area contributed by atoms with Gasteiger partial charge in [0.25, 0.3) is 0 Å². The van der Waals surface area contributed by atoms with Crippen molar-refractivity contribution in [2.45, 2.75) is 20.8 Å². The van der Waals surface area contributed by atoms with Crippen LogP contribution in [-0.4, -0.2) is 11.9 Å². The minimum atomic E-state index is -0.754. The molecule has 3 heteroatoms. The van der Waals surface area contributed by atoms with Crippen LogP contribution in [0.25, 0.3) is 0 Å². The van der Waals surface area contributed by atoms with Gasteiger partial charge in [-0.3, -0.25) is 0 Å². The molecule has 72 valence electrons. The minimum Gasteiger partial charge on any atom is -0.386 e. The summed E-state index contributed by atoms with van der Waals surface area (Å²) in [6.07, 6.45) is 0.938. The molecule has 3 nitrogen and oxygen atoms in total. The standard InChI is InChI=1S/C10H14O3/c1-6-8(11)13-9(12)7(2)10(3,4)5/h6H,1-2H2,3-5H3. The van der Waals surface area contributed by atoms with Gasteiger partial charge >= 0.3 is 11.9 Å². The molecular formula is C10H14O3. The Balaban J connectivity index is 4.38. The predicted molar refractivity (Wildman–Crippen MR) is 49.9 cm³/mol. The van der Waals surface area contributed by atoms with E-state index in [4.69, 9.17) is 0 Å². The van der Waals surface area contributed by atoms with Crippen molar-refractivity contribution in [3.05, 3.63) is 24.8 Å². The van der Waals surface area contributed by atoms with Crippen LogP contribution in [0, 0.1) is 5.41 Å². The van der Waals surface area contributed by atoms with Crippen molar-refractivity contribution in [1.82, 2.24) is 0 Å². The summed E-state index contributed by atoms with van der Waals surface area (Å²) in [6, 6.07) is 0. The van der Waals surface area contributed by atoms with Gasteiger partial charge in [-0.1, -0.05) is 33.9 Å². The zero-order chi connectivity index (χ0) is 10.6. The molecule has 0 saturated heterocycles. The van der Waals surface area contributed by atoms with Gasteiger partial charge in [0.15, 0.2) is 0 Å². The Morgan fingerprint density at radius 2 is 1.77 bits per heavy atom. The molecule has 0 bridgehead atoms. The van der Waals surface area contributed by atoms with Crippen LogP contribution in [0.15, 0.2) is 24.8 Å². The van der Waals surface area contributed by atoms with Crippen molar-refractivity contribution < 1.29 is 14.3 Å². The van der Waals surface area contributed by atoms with Gasteiger partial charge in [0, 0.05) is 11.6 Å². The minimum absolute atomic E-state index is 0.266. The number of carbonyl (C=O) groups excluding carboxylic acids is 2. The highest BCUT2D eigenvalue weighted by atomic mass is 16.6. The van der Waals surface area contributed by atoms with Gasteiger partial charge in [-0.25, -0.2) is 9.59 Å². The number of ether oxygens (including phenoxy) is 1. The molecular weight excluding hydrogens is 168 g/mol. The van der Waals surface area contributed by atoms with Crippen molar-refractivity contribution >= 4 is 11.9 Å². The van der Waals surface area contributed by atoms with Gasteiger partial charge in [-0.2, -0.15) is 0 Å². The fraction of sp³-hybridized carbons (Fsp3) is 0.400. The third kappa shape index (κ3) is 3.69. The smallest absolute Gasteiger partial charge is 0.341 e. The van der Waals surface area contributed by atoms with E-state index in [9.17, 15) is 9.59 Å². The average molecular weight is 182 g/mol. The fourth-order valence-electron chi connectivity index (χ4n) is 0.501. The lowest BCUT2D eigenvalue weighted by Crippen LogP contribution is -2.21. The van der Waals surface area contributed by atoms with Crippen LogP contribution in [0.1, 0.15) is 20.8 Å². The van der Waals surface area contributed by atoms with E-state index >= 15 is 0 Å². The predicted octanol–water partition coefficient (Wildman–Crippen LogP) is 1.84. The molecule has 0 aromatic rings. The lowest BCUT2D eigenvalue weighted by molar-refractivity contribution is -0.153. The molecule has 0 aromatic heterocycles. The zero-order valence-corrected chi connectivity index (χ0v) is 8.22. The van der Waals surface area contributed by atoms with E-state index in [0.29, 0.717) is 0 Å². The van der Waals surface area contributed by atoms with Crippen LogP contribution in [0.4, 0.5) is 0 Å². The quantitative estimate of drug-likeness (QED) is 0.372. The molecule has 0 N–H and O–H groups in total. The highest BCUT2D eigenvalue weighted by Crippen LogP contribution is 2.24. The maximum Gasteiger partial charge on any atom is 0.341 e. The molecule has 0 saturated carbocycles. The second-order valence-corrected chi connectivity index (χ2v) is 3.64. The second kappa shape index (κ2) is 4.03. The van der Waals surface area contributed by atoms with Crippen molar-refractivity contribution in [2.75, 3.05) is 0 Å². The summed E-state index contributed by atoms with van der Waals surface area (Å²) in [5.41, 5.74) is -0.124. The number of esters is 2. The topological polar surface area (TPSA) is 43.4 Å². The van der Waals surface area contributed by atoms with Gasteiger partial charge in [0.1, 0.15) is 0 Å². The largest absolute Gasteiger partial charge is 0.386 e. The van der Waals surface area contributed by atoms with Gasteiger partial charge < -0.3 is 4.74 Å². The molecule has 0 atom stereocenters. The Hall–Kier alpha value is -1.38. The molecule has 0 aliphatic carbocycles. The van der Waals surface area contributed by atoms with Crippen LogP contribution >= 0.6 is 0 Å². The maximum atomic E-state index is 11.2. The zero-order valence-electron chi connectivity index (χ0n) is 8.22. The highest BCUT2D eigenvalue weighted by molar-refractivity contribution is 5.99. The van der Waals surface area contributed by atoms with E-state index < -0.39 is 17.4 Å². The molecule has 0 aromatic carbocycles.